The van der Waals surface area contributed by atoms with Crippen LogP contribution < -0.4 is 10.2 Å². The Balaban J connectivity index is 1.52. The molecule has 6 heteroatoms. The van der Waals surface area contributed by atoms with E-state index in [1.807, 2.05) is 40.9 Å². The molecule has 1 amide bonds. The van der Waals surface area contributed by atoms with Gasteiger partial charge in [-0.1, -0.05) is 23.7 Å². The van der Waals surface area contributed by atoms with Gasteiger partial charge in [-0.2, -0.15) is 0 Å². The van der Waals surface area contributed by atoms with Crippen LogP contribution in [0.25, 0.3) is 11.7 Å². The number of rotatable bonds is 4. The molecule has 1 aliphatic rings. The maximum atomic E-state index is 12.3. The molecule has 0 saturated heterocycles. The number of imidazole rings is 1. The zero-order chi connectivity index (χ0) is 18.1. The van der Waals surface area contributed by atoms with E-state index in [0.29, 0.717) is 10.8 Å². The number of fused-ring (bicyclic) bond motifs is 2. The number of carbonyl (C=O) groups is 1. The summed E-state index contributed by atoms with van der Waals surface area (Å²) in [4.78, 5) is 18.9. The molecule has 2 aromatic heterocycles. The summed E-state index contributed by atoms with van der Waals surface area (Å²) in [5, 5.41) is 3.29. The predicted molar refractivity (Wildman–Crippen MR) is 106 cm³/mol. The normalized spacial score (nSPS) is 13.5. The number of hydrogen-bond donors (Lipinski definition) is 1. The first-order chi connectivity index (χ1) is 12.7. The summed E-state index contributed by atoms with van der Waals surface area (Å²) in [6.07, 6.45) is 6.09. The molecule has 0 atom stereocenters. The lowest BCUT2D eigenvalue weighted by Gasteiger charge is -2.17. The van der Waals surface area contributed by atoms with Crippen LogP contribution in [0.4, 0.5) is 11.4 Å². The number of benzene rings is 1. The number of pyridine rings is 1. The van der Waals surface area contributed by atoms with Gasteiger partial charge in [0.15, 0.2) is 5.15 Å². The first-order valence-corrected chi connectivity index (χ1v) is 9.03. The Morgan fingerprint density at radius 2 is 2.23 bits per heavy atom. The van der Waals surface area contributed by atoms with Crippen molar-refractivity contribution in [2.45, 2.75) is 13.3 Å². The van der Waals surface area contributed by atoms with Crippen LogP contribution in [0, 0.1) is 0 Å². The third-order valence-corrected chi connectivity index (χ3v) is 4.92. The number of hydrogen-bond acceptors (Lipinski definition) is 3. The van der Waals surface area contributed by atoms with Crippen LogP contribution in [0.1, 0.15) is 18.2 Å². The summed E-state index contributed by atoms with van der Waals surface area (Å²) in [5.74, 6) is -0.201. The molecule has 0 bridgehead atoms. The Kier molecular flexibility index (Phi) is 4.39. The predicted octanol–water partition coefficient (Wildman–Crippen LogP) is 4.02. The smallest absolute Gasteiger partial charge is 0.248 e. The highest BCUT2D eigenvalue weighted by Crippen LogP contribution is 2.30. The molecule has 3 heterocycles. The molecule has 0 saturated carbocycles. The Labute approximate surface area is 156 Å². The average molecular weight is 367 g/mol. The standard InChI is InChI=1S/C20H19ClN4O/c1-2-24-12-10-14-6-7-15(13-17(14)24)22-19(26)9-8-16-20(21)23-18-5-3-4-11-25(16)18/h3-9,11,13H,2,10,12H2,1H3,(H,22,26)/b9-8+. The number of halogens is 1. The molecule has 0 unspecified atom stereocenters. The van der Waals surface area contributed by atoms with Crippen LogP contribution in [0.15, 0.2) is 48.7 Å². The number of nitrogens with one attached hydrogen (secondary N) is 1. The third-order valence-electron chi connectivity index (χ3n) is 4.64. The maximum Gasteiger partial charge on any atom is 0.248 e. The zero-order valence-electron chi connectivity index (χ0n) is 14.4. The number of aromatic nitrogens is 2. The second-order valence-corrected chi connectivity index (χ2v) is 6.57. The Morgan fingerprint density at radius 3 is 3.08 bits per heavy atom. The van der Waals surface area contributed by atoms with E-state index in [-0.39, 0.29) is 5.91 Å². The van der Waals surface area contributed by atoms with E-state index in [1.165, 1.54) is 17.3 Å². The molecule has 1 N–H and O–H groups in total. The van der Waals surface area contributed by atoms with Crippen molar-refractivity contribution >= 4 is 40.6 Å². The van der Waals surface area contributed by atoms with Crippen LogP contribution in [-0.4, -0.2) is 28.4 Å². The fourth-order valence-corrected chi connectivity index (χ4v) is 3.57. The van der Waals surface area contributed by atoms with Crippen molar-refractivity contribution in [3.8, 4) is 0 Å². The molecule has 26 heavy (non-hydrogen) atoms. The summed E-state index contributed by atoms with van der Waals surface area (Å²) in [6.45, 7) is 4.15. The fourth-order valence-electron chi connectivity index (χ4n) is 3.33. The van der Waals surface area contributed by atoms with E-state index in [9.17, 15) is 4.79 Å². The monoisotopic (exact) mass is 366 g/mol. The average Bonchev–Trinajstić information content (AvgIpc) is 3.19. The number of likely N-dealkylation sites (N-methyl/N-ethyl adjacent to an activating group) is 1. The largest absolute Gasteiger partial charge is 0.371 e. The van der Waals surface area contributed by atoms with E-state index < -0.39 is 0 Å². The Hall–Kier alpha value is -2.79. The molecule has 0 spiro atoms. The minimum atomic E-state index is -0.201. The van der Waals surface area contributed by atoms with Gasteiger partial charge >= 0.3 is 0 Å². The lowest BCUT2D eigenvalue weighted by atomic mass is 10.1. The number of anilines is 2. The summed E-state index contributed by atoms with van der Waals surface area (Å²) < 4.78 is 1.85. The van der Waals surface area contributed by atoms with Crippen LogP contribution in [-0.2, 0) is 11.2 Å². The van der Waals surface area contributed by atoms with Gasteiger partial charge in [-0.3, -0.25) is 9.20 Å². The molecular weight excluding hydrogens is 348 g/mol. The second-order valence-electron chi connectivity index (χ2n) is 6.21. The van der Waals surface area contributed by atoms with Crippen molar-refractivity contribution in [3.63, 3.8) is 0 Å². The summed E-state index contributed by atoms with van der Waals surface area (Å²) in [7, 11) is 0. The van der Waals surface area contributed by atoms with Crippen molar-refractivity contribution in [2.24, 2.45) is 0 Å². The van der Waals surface area contributed by atoms with Crippen molar-refractivity contribution in [1.82, 2.24) is 9.38 Å². The van der Waals surface area contributed by atoms with E-state index in [4.69, 9.17) is 11.6 Å². The van der Waals surface area contributed by atoms with Crippen molar-refractivity contribution in [2.75, 3.05) is 23.3 Å². The van der Waals surface area contributed by atoms with E-state index in [0.717, 1.165) is 30.8 Å². The van der Waals surface area contributed by atoms with Gasteiger partial charge in [-0.05, 0) is 49.2 Å². The molecule has 0 radical (unpaired) electrons. The van der Waals surface area contributed by atoms with Crippen LogP contribution in [0.5, 0.6) is 0 Å². The van der Waals surface area contributed by atoms with Crippen LogP contribution in [0.3, 0.4) is 0 Å². The lowest BCUT2D eigenvalue weighted by Crippen LogP contribution is -2.19. The van der Waals surface area contributed by atoms with Crippen molar-refractivity contribution in [1.29, 1.82) is 0 Å². The molecule has 3 aromatic rings. The zero-order valence-corrected chi connectivity index (χ0v) is 15.2. The third kappa shape index (κ3) is 3.06. The van der Waals surface area contributed by atoms with Crippen molar-refractivity contribution in [3.05, 3.63) is 65.1 Å². The van der Waals surface area contributed by atoms with E-state index >= 15 is 0 Å². The highest BCUT2D eigenvalue weighted by atomic mass is 35.5. The number of amides is 1. The van der Waals surface area contributed by atoms with Gasteiger partial charge in [0.05, 0.1) is 5.69 Å². The van der Waals surface area contributed by atoms with Gasteiger partial charge in [0, 0.05) is 36.7 Å². The Bertz CT molecular complexity index is 1010. The first-order valence-electron chi connectivity index (χ1n) is 8.65. The summed E-state index contributed by atoms with van der Waals surface area (Å²) in [5.41, 5.74) is 4.76. The first kappa shape index (κ1) is 16.7. The summed E-state index contributed by atoms with van der Waals surface area (Å²) >= 11 is 6.19. The van der Waals surface area contributed by atoms with Gasteiger partial charge in [0.1, 0.15) is 5.65 Å². The molecule has 5 nitrogen and oxygen atoms in total. The maximum absolute atomic E-state index is 12.3. The van der Waals surface area contributed by atoms with E-state index in [2.05, 4.69) is 28.2 Å². The summed E-state index contributed by atoms with van der Waals surface area (Å²) in [6, 6.07) is 11.7. The van der Waals surface area contributed by atoms with Crippen molar-refractivity contribution < 1.29 is 4.79 Å². The van der Waals surface area contributed by atoms with E-state index in [1.54, 1.807) is 6.08 Å². The van der Waals surface area contributed by atoms with Crippen LogP contribution in [0.2, 0.25) is 5.15 Å². The molecule has 0 fully saturated rings. The fraction of sp³-hybridized carbons (Fsp3) is 0.200. The number of nitrogens with zero attached hydrogens (tertiary/aromatic N) is 3. The molecule has 4 rings (SSSR count). The second kappa shape index (κ2) is 6.84. The van der Waals surface area contributed by atoms with Gasteiger partial charge in [-0.25, -0.2) is 4.98 Å². The molecule has 0 aliphatic carbocycles. The molecular formula is C20H19ClN4O. The van der Waals surface area contributed by atoms with Gasteiger partial charge < -0.3 is 10.2 Å². The Morgan fingerprint density at radius 1 is 1.35 bits per heavy atom. The molecule has 132 valence electrons. The van der Waals surface area contributed by atoms with Gasteiger partial charge in [0.2, 0.25) is 5.91 Å². The highest BCUT2D eigenvalue weighted by Gasteiger charge is 2.18. The van der Waals surface area contributed by atoms with Gasteiger partial charge in [0.25, 0.3) is 0 Å². The quantitative estimate of drug-likeness (QED) is 0.709. The molecule has 1 aliphatic heterocycles. The lowest BCUT2D eigenvalue weighted by molar-refractivity contribution is -0.111. The SMILES string of the molecule is CCN1CCc2ccc(NC(=O)/C=C/c3c(Cl)nc4ccccn34)cc21. The van der Waals surface area contributed by atoms with Gasteiger partial charge in [-0.15, -0.1) is 0 Å². The minimum Gasteiger partial charge on any atom is -0.371 e. The number of carbonyl (C=O) groups excluding carboxylic acids is 1. The topological polar surface area (TPSA) is 49.6 Å². The van der Waals surface area contributed by atoms with Crippen LogP contribution >= 0.6 is 11.6 Å². The molecule has 1 aromatic carbocycles. The minimum absolute atomic E-state index is 0.201. The highest BCUT2D eigenvalue weighted by molar-refractivity contribution is 6.31.